The van der Waals surface area contributed by atoms with Crippen LogP contribution in [0, 0.1) is 0 Å². The molecule has 31 heteroatoms. The summed E-state index contributed by atoms with van der Waals surface area (Å²) in [6.07, 6.45) is 4.76. The number of nitrogens with two attached hydrogens (primary N) is 1. The molecule has 0 bridgehead atoms. The number of carbonyl (C=O) groups is 10. The molecule has 2 aromatic carbocycles. The van der Waals surface area contributed by atoms with E-state index in [4.69, 9.17) is 5.73 Å². The van der Waals surface area contributed by atoms with Gasteiger partial charge >= 0.3 is 25.0 Å². The summed E-state index contributed by atoms with van der Waals surface area (Å²) in [6.45, 7) is 5.34. The Morgan fingerprint density at radius 2 is 1.10 bits per heavy atom. The van der Waals surface area contributed by atoms with Crippen molar-refractivity contribution in [3.05, 3.63) is 47.5 Å². The quantitative estimate of drug-likeness (QED) is 0.0151. The average Bonchev–Trinajstić information content (AvgIpc) is 2.02. The Bertz CT molecular complexity index is 2730. The maximum Gasteiger partial charge on any atom is 0.475 e. The second kappa shape index (κ2) is 40.3. The Morgan fingerprint density at radius 3 is 1.63 bits per heavy atom. The number of aliphatic imine (C=N–C) groups is 1. The number of unbranched alkanes of at least 4 members (excludes halogenated alkanes) is 5. The number of nitrogens with one attached hydrogen (secondary N) is 6. The van der Waals surface area contributed by atoms with Crippen LogP contribution in [0.15, 0.2) is 41.4 Å². The number of aliphatic carboxylic acids is 3. The van der Waals surface area contributed by atoms with Crippen LogP contribution >= 0.6 is 0 Å². The number of hydrogen-bond donors (Lipinski definition) is 13. The number of guanidine groups is 1. The van der Waals surface area contributed by atoms with Crippen molar-refractivity contribution in [2.45, 2.75) is 127 Å². The number of fused-ring (bicyclic) bond motifs is 1. The van der Waals surface area contributed by atoms with E-state index >= 15 is 0 Å². The number of aliphatic hydroxyl groups is 1. The third-order valence-corrected chi connectivity index (χ3v) is 15.8. The molecule has 506 valence electrons. The number of carboxylic acid groups (broad SMARTS) is 3. The molecule has 14 N–H and O–H groups in total. The first-order chi connectivity index (χ1) is 43.4. The van der Waals surface area contributed by atoms with Crippen molar-refractivity contribution in [3.8, 4) is 0 Å². The standard InChI is InChI=1S/C60H97BN14O16/c1-5-6-8-20-50(77)68-48(18-11-14-23-63-51(78)37-71-27-29-72(38-52(79)80)31-33-74(40-54(83)84)34-32-73(30-28-71)39-53(81)82)58(88)69-47(19-15-26-66-60(62)70(3)4)57(87)65-25-13-7-12-24-64-55(85)45-21-22-46(44-17-10-9-16-43(44)45)56(86)67-41(2)59(89)75-36-42(76)35-49(75)61(90)91/h9-10,16-17,21-22,41-42,47-49,76,90-91H,5-8,11-15,18-20,23-40H2,1-4H3,(H2,62,66)(H,63,78)(H,64,85)(H,65,87)(H,67,86)(H,68,77)(H,69,88)(H,79,80)(H,81,82)(H,83,84)/t41-,42+,47+,48+,49+/m1/s1. The number of hydrogen-bond acceptors (Lipinski definition) is 18. The highest BCUT2D eigenvalue weighted by molar-refractivity contribution is 6.43. The third-order valence-electron chi connectivity index (χ3n) is 15.8. The molecule has 91 heavy (non-hydrogen) atoms. The van der Waals surface area contributed by atoms with Crippen molar-refractivity contribution in [3.63, 3.8) is 0 Å². The van der Waals surface area contributed by atoms with Gasteiger partial charge in [0.25, 0.3) is 11.8 Å². The van der Waals surface area contributed by atoms with Gasteiger partial charge in [0.2, 0.25) is 29.5 Å². The van der Waals surface area contributed by atoms with E-state index in [1.165, 1.54) is 19.1 Å². The molecule has 2 fully saturated rings. The fourth-order valence-electron chi connectivity index (χ4n) is 10.7. The highest BCUT2D eigenvalue weighted by atomic mass is 16.4. The minimum atomic E-state index is -1.87. The zero-order chi connectivity index (χ0) is 67.0. The zero-order valence-electron chi connectivity index (χ0n) is 53.1. The topological polar surface area (TPSA) is 422 Å². The Kier molecular flexibility index (Phi) is 33.7. The first kappa shape index (κ1) is 75.9. The zero-order valence-corrected chi connectivity index (χ0v) is 53.1. The SMILES string of the molecule is CCCCCC(=O)N[C@@H](CCCCNC(=O)CN1CCN(CC(=O)O)CCN(CC(=O)O)CCN(CC(=O)O)CC1)C(=O)N[C@@H](CCCN=C(N)N(C)C)C(=O)NCCCCCNC(=O)c1ccc(C(=O)N[C@H](C)C(=O)N2C[C@@H](O)C[C@H]2B(O)O)c2ccccc12. The van der Waals surface area contributed by atoms with Crippen molar-refractivity contribution < 1.29 is 78.4 Å². The molecule has 5 atom stereocenters. The van der Waals surface area contributed by atoms with Gasteiger partial charge in [0.1, 0.15) is 18.1 Å². The van der Waals surface area contributed by atoms with Crippen LogP contribution in [0.3, 0.4) is 0 Å². The van der Waals surface area contributed by atoms with Crippen molar-refractivity contribution in [2.75, 3.05) is 125 Å². The summed E-state index contributed by atoms with van der Waals surface area (Å²) in [7, 11) is 1.62. The van der Waals surface area contributed by atoms with Gasteiger partial charge in [-0.15, -0.1) is 0 Å². The highest BCUT2D eigenvalue weighted by Gasteiger charge is 2.42. The Hall–Kier alpha value is -7.55. The molecule has 0 saturated carbocycles. The molecule has 0 aromatic heterocycles. The van der Waals surface area contributed by atoms with E-state index in [9.17, 15) is 78.4 Å². The van der Waals surface area contributed by atoms with Crippen LogP contribution in [0.25, 0.3) is 10.8 Å². The molecule has 2 aliphatic rings. The van der Waals surface area contributed by atoms with Crippen molar-refractivity contribution >= 4 is 83.1 Å². The van der Waals surface area contributed by atoms with Gasteiger partial charge in [-0.1, -0.05) is 44.0 Å². The Balaban J connectivity index is 1.33. The number of nitrogens with zero attached hydrogens (tertiary/aromatic N) is 7. The number of likely N-dealkylation sites (tertiary alicyclic amines) is 1. The van der Waals surface area contributed by atoms with Gasteiger partial charge < -0.3 is 77.9 Å². The molecular weight excluding hydrogens is 1180 g/mol. The predicted octanol–water partition coefficient (Wildman–Crippen LogP) is -2.08. The van der Waals surface area contributed by atoms with E-state index in [-0.39, 0.29) is 166 Å². The Morgan fingerprint density at radius 1 is 0.604 bits per heavy atom. The second-order valence-corrected chi connectivity index (χ2v) is 23.4. The maximum atomic E-state index is 14.2. The third kappa shape index (κ3) is 27.8. The summed E-state index contributed by atoms with van der Waals surface area (Å²) in [6, 6.07) is 6.74. The summed E-state index contributed by atoms with van der Waals surface area (Å²) in [5.41, 5.74) is 6.53. The van der Waals surface area contributed by atoms with E-state index in [0.717, 1.165) is 17.7 Å². The minimum Gasteiger partial charge on any atom is -0.480 e. The molecule has 0 aliphatic carbocycles. The number of carbonyl (C=O) groups excluding carboxylic acids is 7. The second-order valence-electron chi connectivity index (χ2n) is 23.4. The summed E-state index contributed by atoms with van der Waals surface area (Å²) in [4.78, 5) is 144. The number of amides is 7. The molecule has 2 aliphatic heterocycles. The summed E-state index contributed by atoms with van der Waals surface area (Å²) in [5, 5.41) is 76.3. The summed E-state index contributed by atoms with van der Waals surface area (Å²) < 4.78 is 0. The van der Waals surface area contributed by atoms with Gasteiger partial charge in [0.05, 0.1) is 38.2 Å². The van der Waals surface area contributed by atoms with Gasteiger partial charge in [-0.3, -0.25) is 72.5 Å². The van der Waals surface area contributed by atoms with E-state index in [2.05, 4.69) is 36.9 Å². The van der Waals surface area contributed by atoms with E-state index in [0.29, 0.717) is 61.3 Å². The lowest BCUT2D eigenvalue weighted by Gasteiger charge is -2.32. The van der Waals surface area contributed by atoms with Crippen LogP contribution in [0.5, 0.6) is 0 Å². The minimum absolute atomic E-state index is 0.0200. The van der Waals surface area contributed by atoms with Crippen LogP contribution in [-0.2, 0) is 38.4 Å². The smallest absolute Gasteiger partial charge is 0.475 e. The first-order valence-electron chi connectivity index (χ1n) is 31.5. The van der Waals surface area contributed by atoms with Gasteiger partial charge in [-0.05, 0) is 94.0 Å². The summed E-state index contributed by atoms with van der Waals surface area (Å²) >= 11 is 0. The van der Waals surface area contributed by atoms with Gasteiger partial charge in [0.15, 0.2) is 5.96 Å². The van der Waals surface area contributed by atoms with Crippen LogP contribution in [0.4, 0.5) is 0 Å². The molecule has 7 amide bonds. The normalized spacial score (nSPS) is 17.5. The average molecular weight is 1280 g/mol. The summed E-state index contributed by atoms with van der Waals surface area (Å²) in [5.74, 6) is -7.17. The van der Waals surface area contributed by atoms with Gasteiger partial charge in [0, 0.05) is 117 Å². The van der Waals surface area contributed by atoms with Crippen molar-refractivity contribution in [1.82, 2.24) is 61.3 Å². The molecule has 0 radical (unpaired) electrons. The van der Waals surface area contributed by atoms with Crippen molar-refractivity contribution in [2.24, 2.45) is 10.7 Å². The molecule has 0 spiro atoms. The number of aliphatic hydroxyl groups excluding tert-OH is 1. The number of carboxylic acids is 3. The van der Waals surface area contributed by atoms with Crippen LogP contribution < -0.4 is 37.6 Å². The van der Waals surface area contributed by atoms with E-state index in [1.807, 2.05) is 11.8 Å². The molecule has 2 heterocycles. The molecule has 2 saturated heterocycles. The molecule has 2 aromatic rings. The maximum absolute atomic E-state index is 14.2. The van der Waals surface area contributed by atoms with Crippen LogP contribution in [0.1, 0.15) is 118 Å². The lowest BCUT2D eigenvalue weighted by atomic mass is 9.77. The van der Waals surface area contributed by atoms with Crippen molar-refractivity contribution in [1.29, 1.82) is 0 Å². The van der Waals surface area contributed by atoms with Gasteiger partial charge in [-0.25, -0.2) is 0 Å². The van der Waals surface area contributed by atoms with Gasteiger partial charge in [-0.2, -0.15) is 0 Å². The fourth-order valence-corrected chi connectivity index (χ4v) is 10.7. The highest BCUT2D eigenvalue weighted by Crippen LogP contribution is 2.25. The largest absolute Gasteiger partial charge is 0.480 e. The number of rotatable bonds is 36. The molecule has 30 nitrogen and oxygen atoms in total. The molecule has 0 unspecified atom stereocenters. The number of β-amino-alcohol motifs (C(OH)–C–C–N with tert-alkyl or cyclic N) is 1. The molecular formula is C60H97BN14O16. The predicted molar refractivity (Wildman–Crippen MR) is 339 cm³/mol. The van der Waals surface area contributed by atoms with Crippen LogP contribution in [-0.4, -0.2) is 288 Å². The monoisotopic (exact) mass is 1280 g/mol. The Labute approximate surface area is 532 Å². The van der Waals surface area contributed by atoms with Crippen LogP contribution in [0.2, 0.25) is 0 Å². The molecule has 4 rings (SSSR count). The van der Waals surface area contributed by atoms with E-state index in [1.54, 1.807) is 58.0 Å². The fraction of sp³-hybridized carbons (Fsp3) is 0.650. The number of benzene rings is 2. The van der Waals surface area contributed by atoms with E-state index < -0.39 is 78.8 Å². The first-order valence-corrected chi connectivity index (χ1v) is 31.5. The lowest BCUT2D eigenvalue weighted by molar-refractivity contribution is -0.140. The lowest BCUT2D eigenvalue weighted by Crippen LogP contribution is -2.53.